The zero-order chi connectivity index (χ0) is 26.4. The molecule has 6 rings (SSSR count). The lowest BCUT2D eigenvalue weighted by Crippen LogP contribution is -2.45. The Kier molecular flexibility index (Phi) is 6.88. The molecule has 3 nitrogen and oxygen atoms in total. The average Bonchev–Trinajstić information content (AvgIpc) is 3.29. The van der Waals surface area contributed by atoms with Crippen molar-refractivity contribution in [3.63, 3.8) is 0 Å². The molecule has 3 heteroatoms. The number of fused-ring (bicyclic) bond motifs is 4. The molecule has 0 aromatic heterocycles. The van der Waals surface area contributed by atoms with Gasteiger partial charge < -0.3 is 4.90 Å². The molecule has 0 radical (unpaired) electrons. The van der Waals surface area contributed by atoms with Crippen LogP contribution in [-0.2, 0) is 9.59 Å². The molecule has 0 N–H and O–H groups in total. The Morgan fingerprint density at radius 3 is 2.55 bits per heavy atom. The van der Waals surface area contributed by atoms with Crippen molar-refractivity contribution in [2.45, 2.75) is 90.9 Å². The van der Waals surface area contributed by atoms with E-state index in [9.17, 15) is 9.59 Å². The Labute approximate surface area is 229 Å². The van der Waals surface area contributed by atoms with Crippen LogP contribution in [0.15, 0.2) is 47.1 Å². The van der Waals surface area contributed by atoms with Gasteiger partial charge in [-0.15, -0.1) is 11.8 Å². The van der Waals surface area contributed by atoms with Gasteiger partial charge in [0.25, 0.3) is 0 Å². The van der Waals surface area contributed by atoms with Crippen LogP contribution in [-0.4, -0.2) is 24.7 Å². The average molecular weight is 510 g/mol. The van der Waals surface area contributed by atoms with Crippen molar-refractivity contribution in [1.82, 2.24) is 0 Å². The second kappa shape index (κ2) is 10.2. The standard InChI is InChI=1S/C35H43NO2/c1-4-5-9-25-20-30-33-17-16-32(23(2)37)35(33,3)22-31(34(30)28-15-14-27(38)21-29(25)28)24-10-12-26(13-11-24)36-18-7-6-8-19-36/h10-13,21,25,30-33H,6-9,14-20,22H2,1-3H3/t25?,30-,31+,32+,33-,35+/m0/s1. The van der Waals surface area contributed by atoms with Crippen LogP contribution in [0.5, 0.6) is 0 Å². The van der Waals surface area contributed by atoms with Crippen LogP contribution in [0.1, 0.15) is 96.5 Å². The molecule has 5 aliphatic rings. The summed E-state index contributed by atoms with van der Waals surface area (Å²) in [5.41, 5.74) is 7.15. The number of Topliss-reactive ketones (excluding diaryl/α,β-unsaturated/α-hetero) is 1. The van der Waals surface area contributed by atoms with E-state index in [2.05, 4.69) is 47.9 Å². The van der Waals surface area contributed by atoms with E-state index in [1.54, 1.807) is 5.57 Å². The molecule has 1 aliphatic heterocycles. The Bertz CT molecular complexity index is 1230. The molecule has 1 heterocycles. The number of carbonyl (C=O) groups excluding carboxylic acids is 2. The molecule has 3 fully saturated rings. The number of rotatable bonds is 4. The van der Waals surface area contributed by atoms with Gasteiger partial charge in [-0.3, -0.25) is 9.59 Å². The first kappa shape index (κ1) is 25.7. The number of hydrogen-bond acceptors (Lipinski definition) is 3. The van der Waals surface area contributed by atoms with E-state index >= 15 is 0 Å². The highest BCUT2D eigenvalue weighted by Crippen LogP contribution is 2.66. The Morgan fingerprint density at radius 2 is 1.84 bits per heavy atom. The fourth-order valence-electron chi connectivity index (χ4n) is 9.26. The number of allylic oxidation sites excluding steroid dienone is 4. The number of nitrogens with zero attached hydrogens (tertiary/aromatic N) is 1. The molecule has 0 amide bonds. The molecule has 1 unspecified atom stereocenters. The van der Waals surface area contributed by atoms with Gasteiger partial charge in [-0.2, -0.15) is 0 Å². The third kappa shape index (κ3) is 4.29. The topological polar surface area (TPSA) is 37.4 Å². The fraction of sp³-hybridized carbons (Fsp3) is 0.600. The summed E-state index contributed by atoms with van der Waals surface area (Å²) >= 11 is 0. The normalized spacial score (nSPS) is 34.5. The van der Waals surface area contributed by atoms with E-state index in [4.69, 9.17) is 0 Å². The summed E-state index contributed by atoms with van der Waals surface area (Å²) in [4.78, 5) is 28.1. The van der Waals surface area contributed by atoms with E-state index in [-0.39, 0.29) is 17.1 Å². The Morgan fingerprint density at radius 1 is 1.08 bits per heavy atom. The first-order valence-electron chi connectivity index (χ1n) is 15.1. The third-order valence-corrected chi connectivity index (χ3v) is 11.0. The highest BCUT2D eigenvalue weighted by molar-refractivity contribution is 5.93. The van der Waals surface area contributed by atoms with E-state index in [1.165, 1.54) is 41.7 Å². The van der Waals surface area contributed by atoms with Crippen LogP contribution in [0, 0.1) is 40.9 Å². The van der Waals surface area contributed by atoms with Gasteiger partial charge >= 0.3 is 0 Å². The first-order chi connectivity index (χ1) is 18.4. The summed E-state index contributed by atoms with van der Waals surface area (Å²) in [6.45, 7) is 8.49. The van der Waals surface area contributed by atoms with E-state index < -0.39 is 0 Å². The molecule has 1 aromatic carbocycles. The Balaban J connectivity index is 1.46. The first-order valence-corrected chi connectivity index (χ1v) is 15.1. The van der Waals surface area contributed by atoms with Gasteiger partial charge in [0.15, 0.2) is 5.78 Å². The van der Waals surface area contributed by atoms with Crippen molar-refractivity contribution in [3.8, 4) is 11.8 Å². The maximum Gasteiger partial charge on any atom is 0.156 e. The number of carbonyl (C=O) groups is 2. The van der Waals surface area contributed by atoms with Gasteiger partial charge in [-0.25, -0.2) is 0 Å². The summed E-state index contributed by atoms with van der Waals surface area (Å²) < 4.78 is 0. The monoisotopic (exact) mass is 509 g/mol. The maximum atomic E-state index is 12.9. The summed E-state index contributed by atoms with van der Waals surface area (Å²) in [6, 6.07) is 9.45. The predicted molar refractivity (Wildman–Crippen MR) is 154 cm³/mol. The molecular formula is C35H43NO2. The number of anilines is 1. The highest BCUT2D eigenvalue weighted by atomic mass is 16.1. The molecule has 1 saturated heterocycles. The van der Waals surface area contributed by atoms with Crippen LogP contribution in [0.25, 0.3) is 0 Å². The lowest BCUT2D eigenvalue weighted by atomic mass is 9.50. The van der Waals surface area contributed by atoms with E-state index in [0.717, 1.165) is 51.6 Å². The minimum absolute atomic E-state index is 0.0312. The second-order valence-electron chi connectivity index (χ2n) is 12.9. The van der Waals surface area contributed by atoms with Crippen LogP contribution < -0.4 is 4.90 Å². The van der Waals surface area contributed by atoms with Crippen molar-refractivity contribution in [2.24, 2.45) is 29.1 Å². The second-order valence-corrected chi connectivity index (χ2v) is 12.9. The molecule has 2 saturated carbocycles. The van der Waals surface area contributed by atoms with Gasteiger partial charge in [0.2, 0.25) is 0 Å². The van der Waals surface area contributed by atoms with Gasteiger partial charge in [0, 0.05) is 43.5 Å². The van der Waals surface area contributed by atoms with Crippen molar-refractivity contribution < 1.29 is 9.59 Å². The number of piperidine rings is 1. The molecular weight excluding hydrogens is 466 g/mol. The van der Waals surface area contributed by atoms with Crippen LogP contribution in [0.4, 0.5) is 5.69 Å². The predicted octanol–water partition coefficient (Wildman–Crippen LogP) is 7.42. The van der Waals surface area contributed by atoms with Gasteiger partial charge in [-0.1, -0.05) is 24.6 Å². The SMILES string of the molecule is CC#CCC1C[C@@H]2C(=C3CCC(=O)C=C31)[C@@H](c1ccc(N3CCCCC3)cc1)C[C@]1(C)[C@@H](C(C)=O)CC[C@@H]21. The smallest absolute Gasteiger partial charge is 0.156 e. The number of benzene rings is 1. The summed E-state index contributed by atoms with van der Waals surface area (Å²) in [7, 11) is 0. The van der Waals surface area contributed by atoms with Crippen molar-refractivity contribution in [1.29, 1.82) is 0 Å². The van der Waals surface area contributed by atoms with Crippen molar-refractivity contribution in [2.75, 3.05) is 18.0 Å². The van der Waals surface area contributed by atoms with Gasteiger partial charge in [0.1, 0.15) is 5.78 Å². The molecule has 0 bridgehead atoms. The molecule has 0 spiro atoms. The summed E-state index contributed by atoms with van der Waals surface area (Å²) in [6.07, 6.45) is 12.5. The number of ketones is 2. The summed E-state index contributed by atoms with van der Waals surface area (Å²) in [5, 5.41) is 0. The van der Waals surface area contributed by atoms with Crippen LogP contribution in [0.2, 0.25) is 0 Å². The van der Waals surface area contributed by atoms with Crippen molar-refractivity contribution in [3.05, 3.63) is 52.6 Å². The number of hydrogen-bond donors (Lipinski definition) is 0. The highest BCUT2D eigenvalue weighted by Gasteiger charge is 2.58. The zero-order valence-electron chi connectivity index (χ0n) is 23.5. The molecule has 38 heavy (non-hydrogen) atoms. The zero-order valence-corrected chi connectivity index (χ0v) is 23.5. The largest absolute Gasteiger partial charge is 0.372 e. The minimum atomic E-state index is 0.0312. The minimum Gasteiger partial charge on any atom is -0.372 e. The van der Waals surface area contributed by atoms with Crippen molar-refractivity contribution >= 4 is 17.3 Å². The molecule has 1 aromatic rings. The van der Waals surface area contributed by atoms with Gasteiger partial charge in [0.05, 0.1) is 0 Å². The third-order valence-electron chi connectivity index (χ3n) is 11.0. The van der Waals surface area contributed by atoms with E-state index in [0.29, 0.717) is 35.9 Å². The van der Waals surface area contributed by atoms with Gasteiger partial charge in [-0.05, 0) is 123 Å². The lowest BCUT2D eigenvalue weighted by molar-refractivity contribution is -0.125. The molecule has 200 valence electrons. The quantitative estimate of drug-likeness (QED) is 0.396. The molecule has 4 aliphatic carbocycles. The fourth-order valence-corrected chi connectivity index (χ4v) is 9.26. The Hall–Kier alpha value is -2.60. The van der Waals surface area contributed by atoms with Crippen LogP contribution in [0.3, 0.4) is 0 Å². The molecule has 6 atom stereocenters. The maximum absolute atomic E-state index is 12.9. The van der Waals surface area contributed by atoms with Crippen LogP contribution >= 0.6 is 0 Å². The van der Waals surface area contributed by atoms with E-state index in [1.807, 2.05) is 19.9 Å². The summed E-state index contributed by atoms with van der Waals surface area (Å²) in [5.74, 6) is 8.95. The lowest BCUT2D eigenvalue weighted by Gasteiger charge is -2.53.